The van der Waals surface area contributed by atoms with Crippen LogP contribution in [0.3, 0.4) is 0 Å². The molecule has 2 rings (SSSR count). The first kappa shape index (κ1) is 9.25. The van der Waals surface area contributed by atoms with Crippen molar-refractivity contribution in [3.8, 4) is 0 Å². The van der Waals surface area contributed by atoms with Crippen molar-refractivity contribution in [1.82, 2.24) is 0 Å². The standard InChI is InChI=1S/C8H5N3O4/c12-7-5-3-4(11(14)15)1-2-6(5)9-8(7)10-13/h1-3,8-9H. The molecule has 1 aromatic carbocycles. The highest BCUT2D eigenvalue weighted by molar-refractivity contribution is 6.10. The smallest absolute Gasteiger partial charge is 0.270 e. The van der Waals surface area contributed by atoms with Crippen molar-refractivity contribution in [2.24, 2.45) is 5.18 Å². The van der Waals surface area contributed by atoms with E-state index in [2.05, 4.69) is 10.5 Å². The number of nitrogens with zero attached hydrogens (tertiary/aromatic N) is 2. The van der Waals surface area contributed by atoms with E-state index in [9.17, 15) is 19.8 Å². The van der Waals surface area contributed by atoms with E-state index in [4.69, 9.17) is 0 Å². The van der Waals surface area contributed by atoms with Crippen molar-refractivity contribution in [1.29, 1.82) is 0 Å². The predicted molar refractivity (Wildman–Crippen MR) is 50.6 cm³/mol. The lowest BCUT2D eigenvalue weighted by atomic mass is 10.1. The number of non-ortho nitro benzene ring substituents is 1. The number of carbonyl (C=O) groups is 1. The highest BCUT2D eigenvalue weighted by Gasteiger charge is 2.32. The normalized spacial score (nSPS) is 18.1. The number of nitro benzene ring substituents is 1. The lowest BCUT2D eigenvalue weighted by Crippen LogP contribution is -2.18. The molecule has 7 heteroatoms. The summed E-state index contributed by atoms with van der Waals surface area (Å²) in [6.07, 6.45) is -1.16. The number of anilines is 1. The maximum absolute atomic E-state index is 11.4. The van der Waals surface area contributed by atoms with E-state index in [0.717, 1.165) is 6.07 Å². The molecule has 15 heavy (non-hydrogen) atoms. The van der Waals surface area contributed by atoms with Crippen molar-refractivity contribution in [3.05, 3.63) is 38.8 Å². The molecule has 1 N–H and O–H groups in total. The molecule has 0 saturated carbocycles. The summed E-state index contributed by atoms with van der Waals surface area (Å²) in [6.45, 7) is 0. The molecule has 76 valence electrons. The fraction of sp³-hybridized carbons (Fsp3) is 0.125. The Balaban J connectivity index is 2.48. The van der Waals surface area contributed by atoms with E-state index in [-0.39, 0.29) is 11.3 Å². The third kappa shape index (κ3) is 1.33. The van der Waals surface area contributed by atoms with Gasteiger partial charge in [-0.3, -0.25) is 14.9 Å². The number of nitroso groups, excluding NO2 is 1. The summed E-state index contributed by atoms with van der Waals surface area (Å²) in [5, 5.41) is 15.6. The SMILES string of the molecule is O=NC1Nc2ccc([N+](=O)[O-])cc2C1=O. The summed E-state index contributed by atoms with van der Waals surface area (Å²) < 4.78 is 0. The highest BCUT2D eigenvalue weighted by atomic mass is 16.6. The van der Waals surface area contributed by atoms with Gasteiger partial charge in [0, 0.05) is 17.8 Å². The Morgan fingerprint density at radius 1 is 1.47 bits per heavy atom. The van der Waals surface area contributed by atoms with Crippen molar-refractivity contribution < 1.29 is 9.72 Å². The quantitative estimate of drug-likeness (QED) is 0.447. The topological polar surface area (TPSA) is 102 Å². The fourth-order valence-electron chi connectivity index (χ4n) is 1.41. The number of rotatable bonds is 2. The summed E-state index contributed by atoms with van der Waals surface area (Å²) in [7, 11) is 0. The lowest BCUT2D eigenvalue weighted by molar-refractivity contribution is -0.384. The summed E-state index contributed by atoms with van der Waals surface area (Å²) in [5.41, 5.74) is 0.347. The molecule has 1 aliphatic rings. The van der Waals surface area contributed by atoms with Gasteiger partial charge in [0.15, 0.2) is 0 Å². The first-order chi connectivity index (χ1) is 7.13. The van der Waals surface area contributed by atoms with Gasteiger partial charge in [-0.05, 0) is 11.2 Å². The van der Waals surface area contributed by atoms with Gasteiger partial charge in [-0.25, -0.2) is 0 Å². The Morgan fingerprint density at radius 3 is 2.80 bits per heavy atom. The molecule has 1 unspecified atom stereocenters. The van der Waals surface area contributed by atoms with E-state index in [1.54, 1.807) is 0 Å². The molecule has 1 heterocycles. The van der Waals surface area contributed by atoms with Crippen molar-refractivity contribution in [3.63, 3.8) is 0 Å². The minimum atomic E-state index is -1.16. The average molecular weight is 207 g/mol. The zero-order valence-electron chi connectivity index (χ0n) is 7.34. The van der Waals surface area contributed by atoms with Crippen LogP contribution in [0.4, 0.5) is 11.4 Å². The third-order valence-corrected chi connectivity index (χ3v) is 2.13. The number of nitro groups is 1. The van der Waals surface area contributed by atoms with E-state index in [0.29, 0.717) is 5.69 Å². The Kier molecular flexibility index (Phi) is 1.93. The highest BCUT2D eigenvalue weighted by Crippen LogP contribution is 2.29. The molecule has 0 spiro atoms. The number of carbonyl (C=O) groups excluding carboxylic acids is 1. The molecule has 0 bridgehead atoms. The van der Waals surface area contributed by atoms with E-state index < -0.39 is 16.9 Å². The Hall–Kier alpha value is -2.31. The van der Waals surface area contributed by atoms with E-state index >= 15 is 0 Å². The summed E-state index contributed by atoms with van der Waals surface area (Å²) >= 11 is 0. The molecule has 0 aliphatic carbocycles. The largest absolute Gasteiger partial charge is 0.354 e. The van der Waals surface area contributed by atoms with Crippen molar-refractivity contribution >= 4 is 17.2 Å². The van der Waals surface area contributed by atoms with Crippen LogP contribution in [-0.2, 0) is 0 Å². The molecule has 0 radical (unpaired) electrons. The second kappa shape index (κ2) is 3.12. The Bertz CT molecular complexity index is 471. The van der Waals surface area contributed by atoms with Gasteiger partial charge in [-0.2, -0.15) is 0 Å². The van der Waals surface area contributed by atoms with Crippen molar-refractivity contribution in [2.45, 2.75) is 6.17 Å². The van der Waals surface area contributed by atoms with Gasteiger partial charge in [0.05, 0.1) is 10.5 Å². The van der Waals surface area contributed by atoms with Crippen LogP contribution in [0.5, 0.6) is 0 Å². The van der Waals surface area contributed by atoms with Gasteiger partial charge >= 0.3 is 0 Å². The molecule has 1 atom stereocenters. The summed E-state index contributed by atoms with van der Waals surface area (Å²) in [5.74, 6) is -0.538. The van der Waals surface area contributed by atoms with Crippen LogP contribution in [0.2, 0.25) is 0 Å². The average Bonchev–Trinajstić information content (AvgIpc) is 2.55. The van der Waals surface area contributed by atoms with E-state index in [1.165, 1.54) is 12.1 Å². The summed E-state index contributed by atoms with van der Waals surface area (Å²) in [6, 6.07) is 3.78. The van der Waals surface area contributed by atoms with Gasteiger partial charge in [-0.15, -0.1) is 4.91 Å². The Morgan fingerprint density at radius 2 is 2.20 bits per heavy atom. The van der Waals surface area contributed by atoms with Crippen LogP contribution in [0.1, 0.15) is 10.4 Å². The second-order valence-corrected chi connectivity index (χ2v) is 3.00. The van der Waals surface area contributed by atoms with E-state index in [1.807, 2.05) is 0 Å². The molecule has 0 amide bonds. The van der Waals surface area contributed by atoms with Gasteiger partial charge < -0.3 is 5.32 Å². The number of hydrogen-bond acceptors (Lipinski definition) is 6. The number of nitrogens with one attached hydrogen (secondary N) is 1. The second-order valence-electron chi connectivity index (χ2n) is 3.00. The monoisotopic (exact) mass is 207 g/mol. The number of ketones is 1. The van der Waals surface area contributed by atoms with Gasteiger partial charge in [0.2, 0.25) is 11.9 Å². The maximum Gasteiger partial charge on any atom is 0.270 e. The molecular formula is C8H5N3O4. The lowest BCUT2D eigenvalue weighted by Gasteiger charge is -1.97. The third-order valence-electron chi connectivity index (χ3n) is 2.13. The Labute approximate surface area is 83.2 Å². The van der Waals surface area contributed by atoms with Crippen molar-refractivity contribution in [2.75, 3.05) is 5.32 Å². The molecule has 0 saturated heterocycles. The number of benzene rings is 1. The number of fused-ring (bicyclic) bond motifs is 1. The van der Waals surface area contributed by atoms with Crippen LogP contribution < -0.4 is 5.32 Å². The first-order valence-corrected chi connectivity index (χ1v) is 4.05. The number of hydrogen-bond donors (Lipinski definition) is 1. The zero-order valence-corrected chi connectivity index (χ0v) is 7.34. The van der Waals surface area contributed by atoms with Crippen LogP contribution in [0.25, 0.3) is 0 Å². The van der Waals surface area contributed by atoms with Gasteiger partial charge in [0.25, 0.3) is 5.69 Å². The summed E-state index contributed by atoms with van der Waals surface area (Å²) in [4.78, 5) is 31.5. The molecular weight excluding hydrogens is 202 g/mol. The first-order valence-electron chi connectivity index (χ1n) is 4.05. The molecule has 0 fully saturated rings. The van der Waals surface area contributed by atoms with Crippen LogP contribution in [0, 0.1) is 15.0 Å². The van der Waals surface area contributed by atoms with Crippen LogP contribution in [-0.4, -0.2) is 16.9 Å². The van der Waals surface area contributed by atoms with Crippen LogP contribution in [0.15, 0.2) is 23.4 Å². The number of Topliss-reactive ketones (excluding diaryl/α,β-unsaturated/α-hetero) is 1. The van der Waals surface area contributed by atoms with Gasteiger partial charge in [0.1, 0.15) is 0 Å². The minimum Gasteiger partial charge on any atom is -0.354 e. The zero-order chi connectivity index (χ0) is 11.0. The minimum absolute atomic E-state index is 0.133. The fourth-order valence-corrected chi connectivity index (χ4v) is 1.41. The van der Waals surface area contributed by atoms with Crippen LogP contribution >= 0.6 is 0 Å². The predicted octanol–water partition coefficient (Wildman–Crippen LogP) is 1.30. The molecule has 1 aromatic rings. The van der Waals surface area contributed by atoms with Gasteiger partial charge in [-0.1, -0.05) is 0 Å². The molecule has 1 aliphatic heterocycles. The molecule has 0 aromatic heterocycles. The maximum atomic E-state index is 11.4. The molecule has 7 nitrogen and oxygen atoms in total.